The van der Waals surface area contributed by atoms with Gasteiger partial charge in [-0.05, 0) is 59.7 Å². The Morgan fingerprint density at radius 3 is 2.11 bits per heavy atom. The standard InChI is InChI=1S/C33H21N3O/c37-35-20-29-33(25-11-5-6-12-30(25)35)27-19-21(14-16-28(27)34-29)22-15-17-32-26(18-22)24-10-4-7-13-31(24)36(32)23-8-2-1-3-9-23/h1-20,34H. The normalized spacial score (nSPS) is 11.9. The van der Waals surface area contributed by atoms with Gasteiger partial charge in [-0.1, -0.05) is 60.7 Å². The van der Waals surface area contributed by atoms with Gasteiger partial charge in [0, 0.05) is 38.8 Å². The highest BCUT2D eigenvalue weighted by molar-refractivity contribution is 6.19. The summed E-state index contributed by atoms with van der Waals surface area (Å²) in [5, 5.41) is 18.2. The van der Waals surface area contributed by atoms with E-state index in [1.165, 1.54) is 27.4 Å². The fourth-order valence-corrected chi connectivity index (χ4v) is 5.85. The maximum Gasteiger partial charge on any atom is 0.224 e. The molecule has 3 aromatic heterocycles. The van der Waals surface area contributed by atoms with Crippen LogP contribution < -0.4 is 4.73 Å². The molecule has 0 spiro atoms. The van der Waals surface area contributed by atoms with E-state index < -0.39 is 0 Å². The van der Waals surface area contributed by atoms with Gasteiger partial charge in [0.15, 0.2) is 0 Å². The summed E-state index contributed by atoms with van der Waals surface area (Å²) >= 11 is 0. The van der Waals surface area contributed by atoms with Crippen LogP contribution in [0.1, 0.15) is 0 Å². The Bertz CT molecular complexity index is 2150. The molecule has 0 unspecified atom stereocenters. The molecule has 8 aromatic rings. The van der Waals surface area contributed by atoms with Crippen molar-refractivity contribution in [1.82, 2.24) is 9.55 Å². The largest absolute Gasteiger partial charge is 0.618 e. The highest BCUT2D eigenvalue weighted by Gasteiger charge is 2.16. The Kier molecular flexibility index (Phi) is 4.06. The van der Waals surface area contributed by atoms with Crippen molar-refractivity contribution in [2.24, 2.45) is 0 Å². The molecule has 8 rings (SSSR count). The molecule has 5 aromatic carbocycles. The van der Waals surface area contributed by atoms with E-state index in [0.29, 0.717) is 5.52 Å². The van der Waals surface area contributed by atoms with E-state index in [1.54, 1.807) is 6.20 Å². The summed E-state index contributed by atoms with van der Waals surface area (Å²) < 4.78 is 3.28. The van der Waals surface area contributed by atoms with Crippen molar-refractivity contribution in [3.63, 3.8) is 0 Å². The van der Waals surface area contributed by atoms with Gasteiger partial charge in [0.1, 0.15) is 5.52 Å². The van der Waals surface area contributed by atoms with Crippen LogP contribution in [0.4, 0.5) is 0 Å². The van der Waals surface area contributed by atoms with Gasteiger partial charge in [-0.25, -0.2) is 0 Å². The molecule has 174 valence electrons. The van der Waals surface area contributed by atoms with Crippen LogP contribution in [0.15, 0.2) is 121 Å². The Hall–Kier alpha value is -5.09. The molecular formula is C33H21N3O. The summed E-state index contributed by atoms with van der Waals surface area (Å²) in [6.45, 7) is 0. The lowest BCUT2D eigenvalue weighted by Gasteiger charge is -2.08. The number of aromatic amines is 1. The third-order valence-electron chi connectivity index (χ3n) is 7.51. The van der Waals surface area contributed by atoms with Crippen LogP contribution in [0.5, 0.6) is 0 Å². The van der Waals surface area contributed by atoms with Gasteiger partial charge in [-0.2, -0.15) is 4.73 Å². The molecule has 0 atom stereocenters. The third kappa shape index (κ3) is 2.87. The molecule has 37 heavy (non-hydrogen) atoms. The van der Waals surface area contributed by atoms with Crippen LogP contribution in [0.3, 0.4) is 0 Å². The summed E-state index contributed by atoms with van der Waals surface area (Å²) in [6.07, 6.45) is 1.64. The minimum absolute atomic E-state index is 0.677. The zero-order valence-corrected chi connectivity index (χ0v) is 19.8. The average Bonchev–Trinajstić information content (AvgIpc) is 3.48. The summed E-state index contributed by atoms with van der Waals surface area (Å²) in [6, 6.07) is 40.2. The third-order valence-corrected chi connectivity index (χ3v) is 7.51. The molecule has 0 saturated heterocycles. The lowest BCUT2D eigenvalue weighted by molar-refractivity contribution is -0.575. The summed E-state index contributed by atoms with van der Waals surface area (Å²) in [4.78, 5) is 3.44. The first-order valence-corrected chi connectivity index (χ1v) is 12.4. The predicted molar refractivity (Wildman–Crippen MR) is 152 cm³/mol. The van der Waals surface area contributed by atoms with Crippen LogP contribution >= 0.6 is 0 Å². The topological polar surface area (TPSA) is 47.7 Å². The van der Waals surface area contributed by atoms with Crippen LogP contribution in [0.2, 0.25) is 0 Å². The quantitative estimate of drug-likeness (QED) is 0.201. The molecule has 0 aliphatic heterocycles. The van der Waals surface area contributed by atoms with E-state index in [1.807, 2.05) is 24.3 Å². The predicted octanol–water partition coefficient (Wildman–Crippen LogP) is 7.87. The van der Waals surface area contributed by atoms with E-state index in [-0.39, 0.29) is 0 Å². The van der Waals surface area contributed by atoms with Gasteiger partial charge in [-0.15, -0.1) is 0 Å². The fourth-order valence-electron chi connectivity index (χ4n) is 5.85. The Labute approximate surface area is 212 Å². The van der Waals surface area contributed by atoms with Gasteiger partial charge in [0.05, 0.1) is 16.4 Å². The number of nitrogens with one attached hydrogen (secondary N) is 1. The van der Waals surface area contributed by atoms with Gasteiger partial charge in [-0.3, -0.25) is 0 Å². The molecule has 0 saturated carbocycles. The van der Waals surface area contributed by atoms with E-state index in [9.17, 15) is 5.21 Å². The number of para-hydroxylation sites is 3. The van der Waals surface area contributed by atoms with E-state index in [0.717, 1.165) is 43.2 Å². The second kappa shape index (κ2) is 7.45. The number of pyridine rings is 1. The average molecular weight is 476 g/mol. The minimum Gasteiger partial charge on any atom is -0.618 e. The number of aromatic nitrogens is 3. The van der Waals surface area contributed by atoms with Crippen molar-refractivity contribution >= 4 is 54.5 Å². The molecule has 0 aliphatic carbocycles. The first kappa shape index (κ1) is 20.1. The van der Waals surface area contributed by atoms with Crippen molar-refractivity contribution in [1.29, 1.82) is 0 Å². The molecule has 0 radical (unpaired) electrons. The molecule has 0 amide bonds. The molecule has 1 N–H and O–H groups in total. The maximum absolute atomic E-state index is 12.6. The Balaban J connectivity index is 1.39. The minimum atomic E-state index is 0.677. The zero-order chi connectivity index (χ0) is 24.5. The highest BCUT2D eigenvalue weighted by Crippen LogP contribution is 2.37. The van der Waals surface area contributed by atoms with Crippen molar-refractivity contribution in [2.75, 3.05) is 0 Å². The molecule has 0 fully saturated rings. The van der Waals surface area contributed by atoms with E-state index >= 15 is 0 Å². The number of rotatable bonds is 2. The molecule has 0 aliphatic rings. The number of hydrogen-bond donors (Lipinski definition) is 1. The number of fused-ring (bicyclic) bond motifs is 8. The first-order chi connectivity index (χ1) is 18.3. The summed E-state index contributed by atoms with van der Waals surface area (Å²) in [5.74, 6) is 0. The summed E-state index contributed by atoms with van der Waals surface area (Å²) in [5.41, 5.74) is 8.41. The lowest BCUT2D eigenvalue weighted by atomic mass is 10.00. The second-order valence-electron chi connectivity index (χ2n) is 9.57. The van der Waals surface area contributed by atoms with Gasteiger partial charge < -0.3 is 14.8 Å². The van der Waals surface area contributed by atoms with Crippen molar-refractivity contribution in [3.8, 4) is 16.8 Å². The van der Waals surface area contributed by atoms with Gasteiger partial charge in [0.25, 0.3) is 0 Å². The second-order valence-corrected chi connectivity index (χ2v) is 9.57. The first-order valence-electron chi connectivity index (χ1n) is 12.4. The summed E-state index contributed by atoms with van der Waals surface area (Å²) in [7, 11) is 0. The Morgan fingerprint density at radius 1 is 0.568 bits per heavy atom. The number of hydrogen-bond acceptors (Lipinski definition) is 1. The fraction of sp³-hybridized carbons (Fsp3) is 0. The molecule has 0 bridgehead atoms. The monoisotopic (exact) mass is 475 g/mol. The van der Waals surface area contributed by atoms with Crippen molar-refractivity contribution in [2.45, 2.75) is 0 Å². The number of benzene rings is 5. The van der Waals surface area contributed by atoms with Gasteiger partial charge >= 0.3 is 0 Å². The lowest BCUT2D eigenvalue weighted by Crippen LogP contribution is -2.26. The molecule has 4 nitrogen and oxygen atoms in total. The van der Waals surface area contributed by atoms with Gasteiger partial charge in [0.2, 0.25) is 11.7 Å². The van der Waals surface area contributed by atoms with E-state index in [4.69, 9.17) is 0 Å². The smallest absolute Gasteiger partial charge is 0.224 e. The number of nitrogens with zero attached hydrogens (tertiary/aromatic N) is 2. The van der Waals surface area contributed by atoms with Crippen LogP contribution in [-0.2, 0) is 0 Å². The molecule has 4 heteroatoms. The van der Waals surface area contributed by atoms with Crippen molar-refractivity contribution < 1.29 is 4.73 Å². The van der Waals surface area contributed by atoms with Crippen LogP contribution in [0.25, 0.3) is 71.3 Å². The maximum atomic E-state index is 12.6. The molecular weight excluding hydrogens is 454 g/mol. The van der Waals surface area contributed by atoms with Crippen LogP contribution in [-0.4, -0.2) is 9.55 Å². The van der Waals surface area contributed by atoms with E-state index in [2.05, 4.69) is 101 Å². The SMILES string of the molecule is [O-][n+]1cc2[nH]c3ccc(-c4ccc5c(c4)c4ccccc4n5-c4ccccc4)cc3c2c2ccccc21. The highest BCUT2D eigenvalue weighted by atomic mass is 16.5. The number of H-pyrrole nitrogens is 1. The van der Waals surface area contributed by atoms with Crippen molar-refractivity contribution in [3.05, 3.63) is 127 Å². The zero-order valence-electron chi connectivity index (χ0n) is 19.8. The van der Waals surface area contributed by atoms with Crippen LogP contribution in [0, 0.1) is 5.21 Å². The molecule has 3 heterocycles. The Morgan fingerprint density at radius 2 is 1.24 bits per heavy atom.